The number of nitrogens with one attached hydrogen (secondary N) is 3. The minimum Gasteiger partial charge on any atom is -0.368 e. The maximum atomic E-state index is 14.3. The lowest BCUT2D eigenvalue weighted by Gasteiger charge is -2.23. The molecule has 2 aromatic rings. The molecule has 1 fully saturated rings. The van der Waals surface area contributed by atoms with E-state index >= 15 is 0 Å². The first-order valence-corrected chi connectivity index (χ1v) is 9.37. The number of halogens is 2. The minimum absolute atomic E-state index is 0.167. The normalized spacial score (nSPS) is 23.3. The Hall–Kier alpha value is -3.23. The van der Waals surface area contributed by atoms with Gasteiger partial charge in [0.2, 0.25) is 0 Å². The number of H-pyrrole nitrogens is 1. The van der Waals surface area contributed by atoms with Gasteiger partial charge in [0.15, 0.2) is 5.67 Å². The summed E-state index contributed by atoms with van der Waals surface area (Å²) in [6, 6.07) is 3.62. The number of rotatable bonds is 3. The van der Waals surface area contributed by atoms with Crippen molar-refractivity contribution in [3.63, 3.8) is 0 Å². The van der Waals surface area contributed by atoms with Crippen LogP contribution in [0.1, 0.15) is 24.6 Å². The molecule has 2 aliphatic rings. The number of amides is 2. The van der Waals surface area contributed by atoms with Crippen LogP contribution in [0.4, 0.5) is 20.2 Å². The molecule has 152 valence electrons. The van der Waals surface area contributed by atoms with Crippen LogP contribution in [0.3, 0.4) is 0 Å². The van der Waals surface area contributed by atoms with Crippen molar-refractivity contribution in [2.24, 2.45) is 0 Å². The van der Waals surface area contributed by atoms with Crippen LogP contribution in [0.5, 0.6) is 0 Å². The molecule has 29 heavy (non-hydrogen) atoms. The smallest absolute Gasteiger partial charge is 0.313 e. The average molecular weight is 401 g/mol. The Morgan fingerprint density at radius 3 is 2.97 bits per heavy atom. The molecule has 1 aliphatic carbocycles. The third kappa shape index (κ3) is 3.85. The number of hydrogen-bond acceptors (Lipinski definition) is 4. The second-order valence-corrected chi connectivity index (χ2v) is 7.53. The van der Waals surface area contributed by atoms with Crippen LogP contribution in [0, 0.1) is 0 Å². The van der Waals surface area contributed by atoms with Gasteiger partial charge in [-0.2, -0.15) is 0 Å². The molecule has 3 N–H and O–H groups in total. The molecular weight excluding hydrogens is 380 g/mol. The Labute approximate surface area is 166 Å². The van der Waals surface area contributed by atoms with Crippen molar-refractivity contribution >= 4 is 29.3 Å². The van der Waals surface area contributed by atoms with Gasteiger partial charge in [0.25, 0.3) is 0 Å². The van der Waals surface area contributed by atoms with E-state index in [0.717, 1.165) is 25.2 Å². The molecule has 0 saturated carbocycles. The van der Waals surface area contributed by atoms with E-state index in [1.165, 1.54) is 6.20 Å². The van der Waals surface area contributed by atoms with Gasteiger partial charge >= 0.3 is 11.8 Å². The summed E-state index contributed by atoms with van der Waals surface area (Å²) in [5.74, 6) is -2.48. The Balaban J connectivity index is 1.36. The minimum atomic E-state index is -2.14. The average Bonchev–Trinajstić information content (AvgIpc) is 3.30. The summed E-state index contributed by atoms with van der Waals surface area (Å²) < 4.78 is 28.0. The lowest BCUT2D eigenvalue weighted by molar-refractivity contribution is -0.136. The van der Waals surface area contributed by atoms with Crippen LogP contribution in [0.15, 0.2) is 36.6 Å². The lowest BCUT2D eigenvalue weighted by atomic mass is 9.90. The second kappa shape index (κ2) is 7.31. The molecule has 0 aromatic carbocycles. The van der Waals surface area contributed by atoms with Crippen LogP contribution in [0.25, 0.3) is 6.08 Å². The Morgan fingerprint density at radius 2 is 2.21 bits per heavy atom. The lowest BCUT2D eigenvalue weighted by Crippen LogP contribution is -2.43. The fourth-order valence-electron chi connectivity index (χ4n) is 3.68. The molecule has 0 bridgehead atoms. The Bertz CT molecular complexity index is 971. The zero-order valence-corrected chi connectivity index (χ0v) is 15.8. The highest BCUT2D eigenvalue weighted by atomic mass is 19.2. The van der Waals surface area contributed by atoms with Crippen molar-refractivity contribution < 1.29 is 18.4 Å². The van der Waals surface area contributed by atoms with Crippen LogP contribution in [-0.2, 0) is 16.0 Å². The van der Waals surface area contributed by atoms with Crippen molar-refractivity contribution in [2.75, 3.05) is 23.3 Å². The van der Waals surface area contributed by atoms with Gasteiger partial charge in [0.05, 0.1) is 17.6 Å². The van der Waals surface area contributed by atoms with E-state index in [9.17, 15) is 18.4 Å². The van der Waals surface area contributed by atoms with Crippen LogP contribution < -0.4 is 15.5 Å². The van der Waals surface area contributed by atoms with E-state index in [0.29, 0.717) is 24.2 Å². The summed E-state index contributed by atoms with van der Waals surface area (Å²) in [6.07, 6.45) is 6.42. The fraction of sp³-hybridized carbons (Fsp3) is 0.350. The van der Waals surface area contributed by atoms with E-state index in [2.05, 4.69) is 25.5 Å². The van der Waals surface area contributed by atoms with E-state index < -0.39 is 23.3 Å². The maximum Gasteiger partial charge on any atom is 0.313 e. The predicted molar refractivity (Wildman–Crippen MR) is 105 cm³/mol. The van der Waals surface area contributed by atoms with Gasteiger partial charge in [-0.15, -0.1) is 0 Å². The summed E-state index contributed by atoms with van der Waals surface area (Å²) in [4.78, 5) is 33.6. The van der Waals surface area contributed by atoms with Crippen LogP contribution >= 0.6 is 0 Å². The van der Waals surface area contributed by atoms with Crippen LogP contribution in [0.2, 0.25) is 0 Å². The standard InChI is InChI=1S/C20H21F2N5O2/c1-20(22)8-14-15(7-17(20)21)24-10-16(14)26-19(29)18(28)25-12-4-6-27(11-12)13-3-2-5-23-9-13/h2-3,5,7,9-10,12,24H,4,6,8,11H2,1H3,(H,25,28)(H,26,29). The van der Waals surface area contributed by atoms with Gasteiger partial charge in [0.1, 0.15) is 5.83 Å². The topological polar surface area (TPSA) is 90.1 Å². The number of aromatic nitrogens is 2. The number of pyridine rings is 1. The van der Waals surface area contributed by atoms with Crippen molar-refractivity contribution in [2.45, 2.75) is 31.5 Å². The van der Waals surface area contributed by atoms with Crippen molar-refractivity contribution in [1.82, 2.24) is 15.3 Å². The van der Waals surface area contributed by atoms with Crippen molar-refractivity contribution in [3.8, 4) is 0 Å². The summed E-state index contributed by atoms with van der Waals surface area (Å²) in [5, 5.41) is 5.22. The van der Waals surface area contributed by atoms with Gasteiger partial charge < -0.3 is 20.5 Å². The first kappa shape index (κ1) is 19.1. The van der Waals surface area contributed by atoms with Gasteiger partial charge in [-0.3, -0.25) is 14.6 Å². The van der Waals surface area contributed by atoms with Gasteiger partial charge in [-0.05, 0) is 31.6 Å². The van der Waals surface area contributed by atoms with E-state index in [4.69, 9.17) is 0 Å². The SMILES string of the molecule is CC1(F)Cc2c(NC(=O)C(=O)NC3CCN(c4cccnc4)C3)c[nH]c2C=C1F. The summed E-state index contributed by atoms with van der Waals surface area (Å²) in [6.45, 7) is 2.46. The molecule has 2 unspecified atom stereocenters. The van der Waals surface area contributed by atoms with E-state index in [1.807, 2.05) is 12.1 Å². The maximum absolute atomic E-state index is 14.3. The molecule has 1 aliphatic heterocycles. The molecular formula is C20H21F2N5O2. The third-order valence-corrected chi connectivity index (χ3v) is 5.29. The van der Waals surface area contributed by atoms with Crippen molar-refractivity contribution in [3.05, 3.63) is 47.8 Å². The molecule has 2 amide bonds. The number of nitrogens with zero attached hydrogens (tertiary/aromatic N) is 2. The molecule has 3 heterocycles. The molecule has 1 saturated heterocycles. The molecule has 2 aromatic heterocycles. The van der Waals surface area contributed by atoms with E-state index in [-0.39, 0.29) is 18.2 Å². The quantitative estimate of drug-likeness (QED) is 0.689. The van der Waals surface area contributed by atoms with Crippen LogP contribution in [-0.4, -0.2) is 46.6 Å². The highest BCUT2D eigenvalue weighted by Gasteiger charge is 2.36. The number of allylic oxidation sites excluding steroid dienone is 1. The highest BCUT2D eigenvalue weighted by Crippen LogP contribution is 2.38. The number of fused-ring (bicyclic) bond motifs is 1. The number of alkyl halides is 1. The van der Waals surface area contributed by atoms with Gasteiger partial charge in [0, 0.05) is 49.2 Å². The molecule has 4 rings (SSSR count). The molecule has 0 spiro atoms. The molecule has 0 radical (unpaired) electrons. The van der Waals surface area contributed by atoms with E-state index in [1.54, 1.807) is 12.4 Å². The zero-order valence-electron chi connectivity index (χ0n) is 15.8. The summed E-state index contributed by atoms with van der Waals surface area (Å²) >= 11 is 0. The predicted octanol–water partition coefficient (Wildman–Crippen LogP) is 2.34. The number of anilines is 2. The molecule has 2 atom stereocenters. The fourth-order valence-corrected chi connectivity index (χ4v) is 3.68. The Kier molecular flexibility index (Phi) is 4.81. The van der Waals surface area contributed by atoms with Crippen molar-refractivity contribution in [1.29, 1.82) is 0 Å². The first-order valence-electron chi connectivity index (χ1n) is 9.37. The largest absolute Gasteiger partial charge is 0.368 e. The third-order valence-electron chi connectivity index (χ3n) is 5.29. The zero-order chi connectivity index (χ0) is 20.6. The number of carbonyl (C=O) groups is 2. The second-order valence-electron chi connectivity index (χ2n) is 7.53. The Morgan fingerprint density at radius 1 is 1.38 bits per heavy atom. The molecule has 7 nitrogen and oxygen atoms in total. The number of carbonyl (C=O) groups excluding carboxylic acids is 2. The summed E-state index contributed by atoms with van der Waals surface area (Å²) in [5.41, 5.74) is -0.0907. The van der Waals surface area contributed by atoms with Gasteiger partial charge in [-0.25, -0.2) is 8.78 Å². The number of hydrogen-bond donors (Lipinski definition) is 3. The number of aromatic amines is 1. The summed E-state index contributed by atoms with van der Waals surface area (Å²) in [7, 11) is 0. The first-order chi connectivity index (χ1) is 13.8. The monoisotopic (exact) mass is 401 g/mol. The van der Waals surface area contributed by atoms with Gasteiger partial charge in [-0.1, -0.05) is 0 Å². The molecule has 9 heteroatoms. The highest BCUT2D eigenvalue weighted by molar-refractivity contribution is 6.39.